The highest BCUT2D eigenvalue weighted by Gasteiger charge is 2.14. The molecule has 126 valence electrons. The molecule has 0 aliphatic heterocycles. The van der Waals surface area contributed by atoms with Crippen molar-refractivity contribution in [3.05, 3.63) is 42.9 Å². The van der Waals surface area contributed by atoms with Gasteiger partial charge in [-0.05, 0) is 25.1 Å². The SMILES string of the molecule is CCOc1cccc2[nH]c(-c3cc(-c4cnn(C)c4)cnc3N)nc12. The van der Waals surface area contributed by atoms with E-state index in [1.54, 1.807) is 17.1 Å². The van der Waals surface area contributed by atoms with Gasteiger partial charge in [-0.3, -0.25) is 4.68 Å². The second-order valence-electron chi connectivity index (χ2n) is 5.73. The molecule has 0 saturated carbocycles. The lowest BCUT2D eigenvalue weighted by atomic mass is 10.1. The molecule has 0 bridgehead atoms. The lowest BCUT2D eigenvalue weighted by Gasteiger charge is -2.04. The second kappa shape index (κ2) is 5.94. The van der Waals surface area contributed by atoms with Crippen LogP contribution >= 0.6 is 0 Å². The summed E-state index contributed by atoms with van der Waals surface area (Å²) < 4.78 is 7.40. The molecule has 0 fully saturated rings. The molecule has 0 atom stereocenters. The van der Waals surface area contributed by atoms with Gasteiger partial charge < -0.3 is 15.5 Å². The molecule has 0 saturated heterocycles. The molecular formula is C18H18N6O. The summed E-state index contributed by atoms with van der Waals surface area (Å²) in [6.45, 7) is 2.53. The Balaban J connectivity index is 1.84. The van der Waals surface area contributed by atoms with Crippen LogP contribution in [0.3, 0.4) is 0 Å². The molecule has 7 nitrogen and oxygen atoms in total. The molecule has 0 aliphatic carbocycles. The van der Waals surface area contributed by atoms with E-state index < -0.39 is 0 Å². The van der Waals surface area contributed by atoms with Gasteiger partial charge >= 0.3 is 0 Å². The number of hydrogen-bond donors (Lipinski definition) is 2. The van der Waals surface area contributed by atoms with Crippen molar-refractivity contribution >= 4 is 16.9 Å². The monoisotopic (exact) mass is 334 g/mol. The van der Waals surface area contributed by atoms with Gasteiger partial charge in [-0.15, -0.1) is 0 Å². The maximum atomic E-state index is 6.10. The molecule has 0 radical (unpaired) electrons. The van der Waals surface area contributed by atoms with Crippen molar-refractivity contribution < 1.29 is 4.74 Å². The Bertz CT molecular complexity index is 1050. The first-order valence-corrected chi connectivity index (χ1v) is 8.02. The van der Waals surface area contributed by atoms with Crippen LogP contribution in [-0.2, 0) is 7.05 Å². The van der Waals surface area contributed by atoms with Crippen molar-refractivity contribution in [3.8, 4) is 28.3 Å². The van der Waals surface area contributed by atoms with Crippen molar-refractivity contribution in [2.24, 2.45) is 7.05 Å². The normalized spacial score (nSPS) is 11.1. The van der Waals surface area contributed by atoms with E-state index in [2.05, 4.69) is 20.1 Å². The first-order valence-electron chi connectivity index (χ1n) is 8.02. The summed E-state index contributed by atoms with van der Waals surface area (Å²) in [5.74, 6) is 1.83. The van der Waals surface area contributed by atoms with Crippen LogP contribution < -0.4 is 10.5 Å². The van der Waals surface area contributed by atoms with Crippen molar-refractivity contribution in [2.45, 2.75) is 6.92 Å². The van der Waals surface area contributed by atoms with Crippen LogP contribution in [0.5, 0.6) is 5.75 Å². The predicted molar refractivity (Wildman–Crippen MR) is 97.1 cm³/mol. The van der Waals surface area contributed by atoms with E-state index in [-0.39, 0.29) is 0 Å². The van der Waals surface area contributed by atoms with E-state index in [9.17, 15) is 0 Å². The van der Waals surface area contributed by atoms with Crippen LogP contribution in [0.25, 0.3) is 33.5 Å². The minimum Gasteiger partial charge on any atom is -0.492 e. The Hall–Kier alpha value is -3.35. The molecule has 7 heteroatoms. The minimum atomic E-state index is 0.421. The number of anilines is 1. The Morgan fingerprint density at radius 1 is 1.24 bits per heavy atom. The van der Waals surface area contributed by atoms with E-state index >= 15 is 0 Å². The summed E-state index contributed by atoms with van der Waals surface area (Å²) in [7, 11) is 1.88. The number of nitrogens with one attached hydrogen (secondary N) is 1. The molecule has 4 aromatic rings. The van der Waals surface area contributed by atoms with Crippen LogP contribution in [0.1, 0.15) is 6.92 Å². The first kappa shape index (κ1) is 15.2. The van der Waals surface area contributed by atoms with Crippen LogP contribution in [0.15, 0.2) is 42.9 Å². The molecule has 25 heavy (non-hydrogen) atoms. The highest BCUT2D eigenvalue weighted by Crippen LogP contribution is 2.31. The summed E-state index contributed by atoms with van der Waals surface area (Å²) in [6.07, 6.45) is 5.47. The molecule has 0 spiro atoms. The van der Waals surface area contributed by atoms with Crippen LogP contribution in [0, 0.1) is 0 Å². The molecule has 0 aliphatic rings. The van der Waals surface area contributed by atoms with Crippen molar-refractivity contribution in [1.29, 1.82) is 0 Å². The van der Waals surface area contributed by atoms with Gasteiger partial charge in [0.25, 0.3) is 0 Å². The fourth-order valence-corrected chi connectivity index (χ4v) is 2.80. The zero-order chi connectivity index (χ0) is 17.4. The fraction of sp³-hybridized carbons (Fsp3) is 0.167. The minimum absolute atomic E-state index is 0.421. The third-order valence-electron chi connectivity index (χ3n) is 3.99. The Morgan fingerprint density at radius 3 is 2.88 bits per heavy atom. The number of benzene rings is 1. The van der Waals surface area contributed by atoms with E-state index in [0.29, 0.717) is 18.2 Å². The second-order valence-corrected chi connectivity index (χ2v) is 5.73. The number of rotatable bonds is 4. The maximum Gasteiger partial charge on any atom is 0.147 e. The quantitative estimate of drug-likeness (QED) is 0.598. The maximum absolute atomic E-state index is 6.10. The fourth-order valence-electron chi connectivity index (χ4n) is 2.80. The van der Waals surface area contributed by atoms with E-state index in [1.165, 1.54) is 0 Å². The van der Waals surface area contributed by atoms with E-state index in [0.717, 1.165) is 33.5 Å². The van der Waals surface area contributed by atoms with Crippen molar-refractivity contribution in [3.63, 3.8) is 0 Å². The summed E-state index contributed by atoms with van der Waals surface area (Å²) in [6, 6.07) is 7.77. The van der Waals surface area contributed by atoms with E-state index in [1.807, 2.05) is 44.4 Å². The summed E-state index contributed by atoms with van der Waals surface area (Å²) in [5.41, 5.74) is 10.4. The number of nitrogen functional groups attached to an aromatic ring is 1. The molecule has 1 aromatic carbocycles. The standard InChI is InChI=1S/C18H18N6O/c1-3-25-15-6-4-5-14-16(15)23-18(22-14)13-7-11(8-20-17(13)19)12-9-21-24(2)10-12/h4-10H,3H2,1-2H3,(H2,19,20)(H,22,23). The number of ether oxygens (including phenoxy) is 1. The largest absolute Gasteiger partial charge is 0.492 e. The number of para-hydroxylation sites is 1. The number of aromatic amines is 1. The smallest absolute Gasteiger partial charge is 0.147 e. The number of pyridine rings is 1. The molecule has 3 heterocycles. The third-order valence-corrected chi connectivity index (χ3v) is 3.99. The Labute approximate surface area is 144 Å². The molecular weight excluding hydrogens is 316 g/mol. The molecule has 0 amide bonds. The third kappa shape index (κ3) is 2.69. The van der Waals surface area contributed by atoms with Crippen molar-refractivity contribution in [2.75, 3.05) is 12.3 Å². The number of nitrogens with two attached hydrogens (primary N) is 1. The lowest BCUT2D eigenvalue weighted by Crippen LogP contribution is -1.96. The van der Waals surface area contributed by atoms with Crippen LogP contribution in [0.2, 0.25) is 0 Å². The van der Waals surface area contributed by atoms with Gasteiger partial charge in [0.1, 0.15) is 22.9 Å². The van der Waals surface area contributed by atoms with Crippen LogP contribution in [-0.4, -0.2) is 31.3 Å². The summed E-state index contributed by atoms with van der Waals surface area (Å²) in [4.78, 5) is 12.3. The molecule has 4 rings (SSSR count). The summed E-state index contributed by atoms with van der Waals surface area (Å²) in [5, 5.41) is 4.20. The Morgan fingerprint density at radius 2 is 2.12 bits per heavy atom. The number of nitrogens with zero attached hydrogens (tertiary/aromatic N) is 4. The number of imidazole rings is 1. The first-order chi connectivity index (χ1) is 12.2. The highest BCUT2D eigenvalue weighted by atomic mass is 16.5. The van der Waals surface area contributed by atoms with Gasteiger partial charge in [0.2, 0.25) is 0 Å². The highest BCUT2D eigenvalue weighted by molar-refractivity contribution is 5.87. The average molecular weight is 334 g/mol. The molecule has 3 N–H and O–H groups in total. The van der Waals surface area contributed by atoms with Gasteiger partial charge in [-0.2, -0.15) is 5.10 Å². The topological polar surface area (TPSA) is 94.6 Å². The molecule has 3 aromatic heterocycles. The van der Waals surface area contributed by atoms with E-state index in [4.69, 9.17) is 10.5 Å². The van der Waals surface area contributed by atoms with Gasteiger partial charge in [0.15, 0.2) is 0 Å². The number of fused-ring (bicyclic) bond motifs is 1. The van der Waals surface area contributed by atoms with Gasteiger partial charge in [-0.25, -0.2) is 9.97 Å². The Kier molecular flexibility index (Phi) is 3.61. The lowest BCUT2D eigenvalue weighted by molar-refractivity contribution is 0.344. The average Bonchev–Trinajstić information content (AvgIpc) is 3.22. The van der Waals surface area contributed by atoms with Crippen molar-refractivity contribution in [1.82, 2.24) is 24.7 Å². The molecule has 0 unspecified atom stereocenters. The van der Waals surface area contributed by atoms with Gasteiger partial charge in [0, 0.05) is 30.6 Å². The number of aryl methyl sites for hydroxylation is 1. The zero-order valence-electron chi connectivity index (χ0n) is 14.0. The van der Waals surface area contributed by atoms with Crippen LogP contribution in [0.4, 0.5) is 5.82 Å². The number of hydrogen-bond acceptors (Lipinski definition) is 5. The van der Waals surface area contributed by atoms with Gasteiger partial charge in [-0.1, -0.05) is 6.07 Å². The number of aromatic nitrogens is 5. The predicted octanol–water partition coefficient (Wildman–Crippen LogP) is 3.01. The number of H-pyrrole nitrogens is 1. The van der Waals surface area contributed by atoms with Gasteiger partial charge in [0.05, 0.1) is 23.9 Å². The zero-order valence-corrected chi connectivity index (χ0v) is 14.0. The summed E-state index contributed by atoms with van der Waals surface area (Å²) >= 11 is 0.